The molecule has 0 aromatic carbocycles. The number of carboxylic acid groups (broad SMARTS) is 2. The molecule has 2 N–H and O–H groups in total. The van der Waals surface area contributed by atoms with Gasteiger partial charge in [0, 0.05) is 24.8 Å². The van der Waals surface area contributed by atoms with Crippen LogP contribution in [0.3, 0.4) is 0 Å². The van der Waals surface area contributed by atoms with Crippen LogP contribution in [0.25, 0.3) is 0 Å². The van der Waals surface area contributed by atoms with Crippen molar-refractivity contribution in [3.63, 3.8) is 0 Å². The standard InChI is InChI=1S/C11H14IN3O.C4H4O4/c12-10-1-2-11(14-13-10)16-9-7-15-5-3-8(9)4-6-15;5-3(6)1-2-4(7)8/h1-2,8-9H,3-7H2;1-2H,(H,5,6)(H,7,8)/b;2-1+/t9-;/m1./s1. The van der Waals surface area contributed by atoms with E-state index >= 15 is 0 Å². The summed E-state index contributed by atoms with van der Waals surface area (Å²) in [5, 5.41) is 23.7. The molecule has 1 aromatic heterocycles. The van der Waals surface area contributed by atoms with Gasteiger partial charge in [-0.25, -0.2) is 9.59 Å². The molecule has 0 radical (unpaired) electrons. The Labute approximate surface area is 152 Å². The third-order valence-corrected chi connectivity index (χ3v) is 4.42. The predicted molar refractivity (Wildman–Crippen MR) is 92.7 cm³/mol. The molecule has 8 nitrogen and oxygen atoms in total. The van der Waals surface area contributed by atoms with E-state index in [1.807, 2.05) is 12.1 Å². The van der Waals surface area contributed by atoms with Gasteiger partial charge in [0.15, 0.2) is 0 Å². The highest BCUT2D eigenvalue weighted by atomic mass is 127. The highest BCUT2D eigenvalue weighted by molar-refractivity contribution is 14.1. The largest absolute Gasteiger partial charge is 0.478 e. The van der Waals surface area contributed by atoms with Gasteiger partial charge in [0.25, 0.3) is 0 Å². The van der Waals surface area contributed by atoms with Gasteiger partial charge >= 0.3 is 11.9 Å². The Balaban J connectivity index is 0.000000224. The van der Waals surface area contributed by atoms with Gasteiger partial charge in [-0.05, 0) is 60.5 Å². The Hall–Kier alpha value is -1.75. The zero-order valence-corrected chi connectivity index (χ0v) is 15.0. The van der Waals surface area contributed by atoms with E-state index in [2.05, 4.69) is 37.7 Å². The number of fused-ring (bicyclic) bond motifs is 3. The van der Waals surface area contributed by atoms with Crippen molar-refractivity contribution in [3.05, 3.63) is 28.0 Å². The summed E-state index contributed by atoms with van der Waals surface area (Å²) in [6.45, 7) is 3.53. The fourth-order valence-corrected chi connectivity index (χ4v) is 3.00. The molecule has 9 heteroatoms. The van der Waals surface area contributed by atoms with Crippen LogP contribution in [-0.4, -0.2) is 63.0 Å². The Morgan fingerprint density at radius 3 is 2.21 bits per heavy atom. The molecule has 0 saturated carbocycles. The van der Waals surface area contributed by atoms with E-state index in [4.69, 9.17) is 14.9 Å². The van der Waals surface area contributed by atoms with Gasteiger partial charge in [-0.3, -0.25) is 4.90 Å². The second-order valence-corrected chi connectivity index (χ2v) is 6.60. The molecule has 0 amide bonds. The molecule has 0 aliphatic carbocycles. The zero-order chi connectivity index (χ0) is 17.5. The number of halogens is 1. The van der Waals surface area contributed by atoms with Crippen molar-refractivity contribution in [2.75, 3.05) is 19.6 Å². The van der Waals surface area contributed by atoms with E-state index in [1.165, 1.54) is 25.9 Å². The molecule has 0 unspecified atom stereocenters. The number of carboxylic acids is 2. The lowest BCUT2D eigenvalue weighted by molar-refractivity contribution is -0.134. The van der Waals surface area contributed by atoms with Crippen molar-refractivity contribution in [1.29, 1.82) is 0 Å². The first kappa shape index (κ1) is 18.6. The van der Waals surface area contributed by atoms with Crippen LogP contribution in [0.1, 0.15) is 12.8 Å². The molecule has 3 saturated heterocycles. The third-order valence-electron chi connectivity index (χ3n) is 3.84. The number of hydrogen-bond donors (Lipinski definition) is 2. The summed E-state index contributed by atoms with van der Waals surface area (Å²) in [5.41, 5.74) is 0. The molecule has 2 bridgehead atoms. The van der Waals surface area contributed by atoms with Crippen molar-refractivity contribution >= 4 is 34.5 Å². The molecule has 3 aliphatic rings. The van der Waals surface area contributed by atoms with E-state index in [0.717, 1.165) is 10.2 Å². The summed E-state index contributed by atoms with van der Waals surface area (Å²) < 4.78 is 6.83. The summed E-state index contributed by atoms with van der Waals surface area (Å²) in [7, 11) is 0. The first-order valence-corrected chi connectivity index (χ1v) is 8.54. The lowest BCUT2D eigenvalue weighted by Crippen LogP contribution is -2.52. The highest BCUT2D eigenvalue weighted by Gasteiger charge is 2.35. The molecule has 4 rings (SSSR count). The Morgan fingerprint density at radius 1 is 1.17 bits per heavy atom. The summed E-state index contributed by atoms with van der Waals surface area (Å²) >= 11 is 2.15. The van der Waals surface area contributed by atoms with Gasteiger partial charge in [-0.2, -0.15) is 0 Å². The molecule has 130 valence electrons. The van der Waals surface area contributed by atoms with Gasteiger partial charge in [0.05, 0.1) is 0 Å². The van der Waals surface area contributed by atoms with Crippen molar-refractivity contribution in [2.45, 2.75) is 18.9 Å². The zero-order valence-electron chi connectivity index (χ0n) is 12.8. The summed E-state index contributed by atoms with van der Waals surface area (Å²) in [6.07, 6.45) is 3.96. The second kappa shape index (κ2) is 8.92. The lowest BCUT2D eigenvalue weighted by atomic mass is 9.86. The topological polar surface area (TPSA) is 113 Å². The number of aliphatic carboxylic acids is 2. The number of ether oxygens (including phenoxy) is 1. The summed E-state index contributed by atoms with van der Waals surface area (Å²) in [4.78, 5) is 21.6. The van der Waals surface area contributed by atoms with Crippen molar-refractivity contribution < 1.29 is 24.5 Å². The maximum absolute atomic E-state index is 9.55. The van der Waals surface area contributed by atoms with Gasteiger partial charge in [-0.15, -0.1) is 10.2 Å². The predicted octanol–water partition coefficient (Wildman–Crippen LogP) is 1.27. The molecule has 24 heavy (non-hydrogen) atoms. The maximum atomic E-state index is 9.55. The molecule has 0 spiro atoms. The number of nitrogens with zero attached hydrogens (tertiary/aromatic N) is 3. The Kier molecular flexibility index (Phi) is 6.91. The monoisotopic (exact) mass is 447 g/mol. The van der Waals surface area contributed by atoms with Crippen LogP contribution >= 0.6 is 22.6 Å². The first-order valence-electron chi connectivity index (χ1n) is 7.46. The molecule has 4 heterocycles. The van der Waals surface area contributed by atoms with Crippen LogP contribution in [0.2, 0.25) is 0 Å². The Morgan fingerprint density at radius 2 is 1.79 bits per heavy atom. The van der Waals surface area contributed by atoms with Gasteiger partial charge < -0.3 is 14.9 Å². The van der Waals surface area contributed by atoms with Crippen molar-refractivity contribution in [3.8, 4) is 5.88 Å². The number of carbonyl (C=O) groups is 2. The first-order chi connectivity index (χ1) is 11.4. The van der Waals surface area contributed by atoms with Gasteiger partial charge in [-0.1, -0.05) is 0 Å². The Bertz CT molecular complexity index is 584. The lowest BCUT2D eigenvalue weighted by Gasteiger charge is -2.44. The normalized spacial score (nSPS) is 25.0. The number of rotatable bonds is 4. The minimum absolute atomic E-state index is 0.317. The average molecular weight is 447 g/mol. The summed E-state index contributed by atoms with van der Waals surface area (Å²) in [6, 6.07) is 3.84. The fraction of sp³-hybridized carbons (Fsp3) is 0.467. The maximum Gasteiger partial charge on any atom is 0.328 e. The van der Waals surface area contributed by atoms with Crippen LogP contribution in [0, 0.1) is 9.62 Å². The molecule has 3 fully saturated rings. The third kappa shape index (κ3) is 6.04. The molecule has 3 aliphatic heterocycles. The van der Waals surface area contributed by atoms with E-state index in [-0.39, 0.29) is 0 Å². The highest BCUT2D eigenvalue weighted by Crippen LogP contribution is 2.29. The number of aromatic nitrogens is 2. The van der Waals surface area contributed by atoms with Crippen LogP contribution in [0.15, 0.2) is 24.3 Å². The molecule has 1 atom stereocenters. The molecular weight excluding hydrogens is 429 g/mol. The van der Waals surface area contributed by atoms with Crippen LogP contribution in [-0.2, 0) is 9.59 Å². The van der Waals surface area contributed by atoms with E-state index in [9.17, 15) is 9.59 Å². The fourth-order valence-electron chi connectivity index (χ4n) is 2.71. The van der Waals surface area contributed by atoms with Crippen LogP contribution in [0.5, 0.6) is 5.88 Å². The average Bonchev–Trinajstić information content (AvgIpc) is 2.57. The number of hydrogen-bond acceptors (Lipinski definition) is 6. The minimum atomic E-state index is -1.26. The molecule has 1 aromatic rings. The van der Waals surface area contributed by atoms with Crippen LogP contribution in [0.4, 0.5) is 0 Å². The van der Waals surface area contributed by atoms with Gasteiger partial charge in [0.2, 0.25) is 5.88 Å². The number of piperidine rings is 3. The van der Waals surface area contributed by atoms with E-state index in [0.29, 0.717) is 30.1 Å². The SMILES string of the molecule is Ic1ccc(O[C@@H]2CN3CCC2CC3)nn1.O=C(O)/C=C/C(=O)O. The second-order valence-electron chi connectivity index (χ2n) is 5.50. The quantitative estimate of drug-likeness (QED) is 0.524. The van der Waals surface area contributed by atoms with Crippen molar-refractivity contribution in [2.24, 2.45) is 5.92 Å². The smallest absolute Gasteiger partial charge is 0.328 e. The summed E-state index contributed by atoms with van der Waals surface area (Å²) in [5.74, 6) is -1.13. The van der Waals surface area contributed by atoms with Gasteiger partial charge in [0.1, 0.15) is 9.80 Å². The molecular formula is C15H18IN3O5. The van der Waals surface area contributed by atoms with E-state index < -0.39 is 11.9 Å². The minimum Gasteiger partial charge on any atom is -0.478 e. The van der Waals surface area contributed by atoms with Crippen LogP contribution < -0.4 is 4.74 Å². The van der Waals surface area contributed by atoms with E-state index in [1.54, 1.807) is 0 Å². The van der Waals surface area contributed by atoms with Crippen molar-refractivity contribution in [1.82, 2.24) is 15.1 Å².